The first kappa shape index (κ1) is 45.6. The fraction of sp³-hybridized carbons (Fsp3) is 0.0526. The van der Waals surface area contributed by atoms with Gasteiger partial charge in [0.25, 0.3) is 0 Å². The summed E-state index contributed by atoms with van der Waals surface area (Å²) in [5, 5.41) is 0. The molecule has 0 fully saturated rings. The van der Waals surface area contributed by atoms with Gasteiger partial charge in [0.2, 0.25) is 0 Å². The second-order valence-electron chi connectivity index (χ2n) is 21.6. The van der Waals surface area contributed by atoms with Crippen LogP contribution < -0.4 is 9.80 Å². The zero-order valence-corrected chi connectivity index (χ0v) is 43.6. The van der Waals surface area contributed by atoms with Crippen LogP contribution in [0.25, 0.3) is 66.8 Å². The van der Waals surface area contributed by atoms with Crippen molar-refractivity contribution >= 4 is 34.1 Å². The van der Waals surface area contributed by atoms with Crippen LogP contribution in [-0.4, -0.2) is 0 Å². The molecule has 12 aromatic carbocycles. The first-order chi connectivity index (χ1) is 38.4. The largest absolute Gasteiger partial charge is 0.310 e. The number of hydrogen-bond acceptors (Lipinski definition) is 2. The Kier molecular flexibility index (Phi) is 10.5. The van der Waals surface area contributed by atoms with E-state index in [2.05, 4.69) is 315 Å². The molecular weight excluding hydrogens is 941 g/mol. The molecule has 0 aromatic heterocycles. The van der Waals surface area contributed by atoms with E-state index in [0.717, 1.165) is 34.1 Å². The third kappa shape index (κ3) is 6.96. The summed E-state index contributed by atoms with van der Waals surface area (Å²) in [7, 11) is 0. The van der Waals surface area contributed by atoms with Crippen molar-refractivity contribution in [1.29, 1.82) is 0 Å². The second kappa shape index (κ2) is 17.9. The molecule has 0 aliphatic heterocycles. The third-order valence-corrected chi connectivity index (χ3v) is 17.1. The van der Waals surface area contributed by atoms with Gasteiger partial charge in [-0.25, -0.2) is 0 Å². The molecule has 0 bridgehead atoms. The van der Waals surface area contributed by atoms with Crippen molar-refractivity contribution in [3.8, 4) is 66.8 Å². The van der Waals surface area contributed by atoms with Gasteiger partial charge in [-0.05, 0) is 161 Å². The Morgan fingerprint density at radius 2 is 0.577 bits per heavy atom. The Morgan fingerprint density at radius 3 is 1.08 bits per heavy atom. The van der Waals surface area contributed by atoms with Crippen LogP contribution in [-0.2, 0) is 10.8 Å². The average molecular weight is 995 g/mol. The predicted octanol–water partition coefficient (Wildman–Crippen LogP) is 20.3. The Bertz CT molecular complexity index is 4120. The Hall–Kier alpha value is -9.76. The highest BCUT2D eigenvalue weighted by molar-refractivity contribution is 6.02. The summed E-state index contributed by atoms with van der Waals surface area (Å²) >= 11 is 0. The van der Waals surface area contributed by atoms with Gasteiger partial charge in [0, 0.05) is 39.4 Å². The van der Waals surface area contributed by atoms with Crippen LogP contribution in [0.4, 0.5) is 34.1 Å². The molecule has 0 radical (unpaired) electrons. The molecule has 0 heterocycles. The molecule has 0 atom stereocenters. The van der Waals surface area contributed by atoms with Gasteiger partial charge < -0.3 is 9.80 Å². The average Bonchev–Trinajstić information content (AvgIpc) is 3.00. The Balaban J connectivity index is 0.969. The van der Waals surface area contributed by atoms with E-state index in [1.807, 2.05) is 0 Å². The lowest BCUT2D eigenvalue weighted by molar-refractivity contribution is 0.660. The quantitative estimate of drug-likeness (QED) is 0.142. The maximum Gasteiger partial charge on any atom is 0.0727 e. The van der Waals surface area contributed by atoms with Crippen LogP contribution in [0.3, 0.4) is 0 Å². The van der Waals surface area contributed by atoms with Crippen molar-refractivity contribution in [2.24, 2.45) is 0 Å². The SMILES string of the molecule is CC1(C)c2ccccc2-c2ccc(N(c3ccc(-c4ccccc4)cc3)c3cccc4c3-c3ccc(N(c5ccc(-c6ccccc6)cc5)c5ccc(-c6ccccc6)cc5)cc3C43c4ccccc4-c4ccccc43)cc21. The number of rotatable bonds is 9. The molecule has 368 valence electrons. The monoisotopic (exact) mass is 994 g/mol. The Morgan fingerprint density at radius 1 is 0.231 bits per heavy atom. The van der Waals surface area contributed by atoms with E-state index in [-0.39, 0.29) is 5.41 Å². The van der Waals surface area contributed by atoms with Gasteiger partial charge in [0.1, 0.15) is 0 Å². The van der Waals surface area contributed by atoms with Gasteiger partial charge >= 0.3 is 0 Å². The molecule has 3 aliphatic rings. The number of anilines is 6. The summed E-state index contributed by atoms with van der Waals surface area (Å²) in [5.41, 5.74) is 28.6. The number of fused-ring (bicyclic) bond motifs is 13. The summed E-state index contributed by atoms with van der Waals surface area (Å²) in [5.74, 6) is 0. The van der Waals surface area contributed by atoms with Crippen molar-refractivity contribution in [2.75, 3.05) is 9.80 Å². The lowest BCUT2D eigenvalue weighted by Crippen LogP contribution is -2.26. The zero-order valence-electron chi connectivity index (χ0n) is 43.6. The minimum Gasteiger partial charge on any atom is -0.310 e. The summed E-state index contributed by atoms with van der Waals surface area (Å²) in [6.45, 7) is 4.76. The van der Waals surface area contributed by atoms with E-state index >= 15 is 0 Å². The highest BCUT2D eigenvalue weighted by atomic mass is 15.2. The molecule has 15 rings (SSSR count). The van der Waals surface area contributed by atoms with Crippen molar-refractivity contribution in [3.63, 3.8) is 0 Å². The van der Waals surface area contributed by atoms with E-state index in [1.165, 1.54) is 100 Å². The number of benzene rings is 12. The van der Waals surface area contributed by atoms with Crippen LogP contribution in [0.15, 0.2) is 291 Å². The predicted molar refractivity (Wildman–Crippen MR) is 326 cm³/mol. The van der Waals surface area contributed by atoms with Crippen LogP contribution in [0.2, 0.25) is 0 Å². The smallest absolute Gasteiger partial charge is 0.0727 e. The third-order valence-electron chi connectivity index (χ3n) is 17.1. The van der Waals surface area contributed by atoms with Crippen molar-refractivity contribution in [2.45, 2.75) is 24.7 Å². The van der Waals surface area contributed by atoms with E-state index in [4.69, 9.17) is 0 Å². The fourth-order valence-electron chi connectivity index (χ4n) is 13.5. The lowest BCUT2D eigenvalue weighted by atomic mass is 9.70. The molecular formula is C76H54N2. The topological polar surface area (TPSA) is 6.48 Å². The van der Waals surface area contributed by atoms with E-state index in [0.29, 0.717) is 0 Å². The highest BCUT2D eigenvalue weighted by Crippen LogP contribution is 2.65. The minimum atomic E-state index is -0.617. The molecule has 78 heavy (non-hydrogen) atoms. The van der Waals surface area contributed by atoms with Gasteiger partial charge in [-0.15, -0.1) is 0 Å². The second-order valence-corrected chi connectivity index (χ2v) is 21.6. The van der Waals surface area contributed by atoms with Crippen LogP contribution in [0, 0.1) is 0 Å². The minimum absolute atomic E-state index is 0.177. The zero-order chi connectivity index (χ0) is 52.0. The first-order valence-corrected chi connectivity index (χ1v) is 27.2. The number of nitrogens with zero attached hydrogens (tertiary/aromatic N) is 2. The standard InChI is InChI=1S/C76H54N2/c1-75(2)67-28-15-12-25-62(67)65-47-45-61(49-71(65)75)78(59-43-37-56(38-44-59)53-23-10-5-11-24-53)73-32-18-31-70-74(73)66-48-46-60(50-72(66)76(70)68-29-16-13-26-63(68)64-27-14-17-30-69(64)76)77(57-39-33-54(34-40-57)51-19-6-3-7-20-51)58-41-35-55(36-42-58)52-21-8-4-9-22-52/h3-50H,1-2H3. The maximum atomic E-state index is 2.53. The molecule has 12 aromatic rings. The molecule has 1 spiro atoms. The fourth-order valence-corrected chi connectivity index (χ4v) is 13.5. The highest BCUT2D eigenvalue weighted by Gasteiger charge is 2.53. The Labute approximate surface area is 457 Å². The van der Waals surface area contributed by atoms with Gasteiger partial charge in [-0.2, -0.15) is 0 Å². The maximum absolute atomic E-state index is 2.53. The molecule has 0 amide bonds. The van der Waals surface area contributed by atoms with Crippen molar-refractivity contribution < 1.29 is 0 Å². The van der Waals surface area contributed by atoms with Gasteiger partial charge in [-0.3, -0.25) is 0 Å². The molecule has 2 heteroatoms. The number of hydrogen-bond donors (Lipinski definition) is 0. The first-order valence-electron chi connectivity index (χ1n) is 27.2. The van der Waals surface area contributed by atoms with Crippen LogP contribution in [0.1, 0.15) is 47.2 Å². The van der Waals surface area contributed by atoms with E-state index in [1.54, 1.807) is 0 Å². The van der Waals surface area contributed by atoms with E-state index in [9.17, 15) is 0 Å². The molecule has 2 nitrogen and oxygen atoms in total. The molecule has 0 saturated heterocycles. The van der Waals surface area contributed by atoms with Gasteiger partial charge in [-0.1, -0.05) is 238 Å². The van der Waals surface area contributed by atoms with Crippen LogP contribution >= 0.6 is 0 Å². The molecule has 0 saturated carbocycles. The molecule has 0 unspecified atom stereocenters. The van der Waals surface area contributed by atoms with Gasteiger partial charge in [0.15, 0.2) is 0 Å². The summed E-state index contributed by atoms with van der Waals surface area (Å²) in [6.07, 6.45) is 0. The van der Waals surface area contributed by atoms with Crippen molar-refractivity contribution in [1.82, 2.24) is 0 Å². The summed E-state index contributed by atoms with van der Waals surface area (Å²) in [4.78, 5) is 4.98. The van der Waals surface area contributed by atoms with Crippen LogP contribution in [0.5, 0.6) is 0 Å². The molecule has 3 aliphatic carbocycles. The van der Waals surface area contributed by atoms with Crippen molar-refractivity contribution in [3.05, 3.63) is 325 Å². The summed E-state index contributed by atoms with van der Waals surface area (Å²) < 4.78 is 0. The lowest BCUT2D eigenvalue weighted by Gasteiger charge is -2.33. The summed E-state index contributed by atoms with van der Waals surface area (Å²) in [6, 6.07) is 108. The van der Waals surface area contributed by atoms with E-state index < -0.39 is 5.41 Å². The normalized spacial score (nSPS) is 13.5. The molecule has 0 N–H and O–H groups in total. The van der Waals surface area contributed by atoms with Gasteiger partial charge in [0.05, 0.1) is 11.1 Å².